The zero-order valence-electron chi connectivity index (χ0n) is 20.6. The Morgan fingerprint density at radius 1 is 1.09 bits per heavy atom. The van der Waals surface area contributed by atoms with Crippen molar-refractivity contribution in [2.24, 2.45) is 4.99 Å². The minimum absolute atomic E-state index is 0.191. The number of rotatable bonds is 5. The molecule has 1 unspecified atom stereocenters. The van der Waals surface area contributed by atoms with Crippen molar-refractivity contribution < 1.29 is 4.74 Å². The van der Waals surface area contributed by atoms with Crippen LogP contribution in [0, 0.1) is 0 Å². The van der Waals surface area contributed by atoms with E-state index in [2.05, 4.69) is 72.5 Å². The molecule has 0 saturated carbocycles. The third-order valence-corrected chi connectivity index (χ3v) is 7.51. The van der Waals surface area contributed by atoms with Crippen LogP contribution in [0.2, 0.25) is 0 Å². The van der Waals surface area contributed by atoms with Gasteiger partial charge >= 0.3 is 0 Å². The summed E-state index contributed by atoms with van der Waals surface area (Å²) in [6, 6.07) is 8.61. The molecule has 3 aliphatic heterocycles. The van der Waals surface area contributed by atoms with Crippen molar-refractivity contribution in [3.05, 3.63) is 29.8 Å². The molecule has 0 spiro atoms. The molecule has 0 radical (unpaired) electrons. The molecule has 2 saturated heterocycles. The predicted molar refractivity (Wildman–Crippen MR) is 133 cm³/mol. The Bertz CT molecular complexity index is 778. The fraction of sp³-hybridized carbons (Fsp3) is 0.731. The van der Waals surface area contributed by atoms with E-state index < -0.39 is 0 Å². The molecule has 6 heteroatoms. The molecule has 1 aromatic rings. The smallest absolute Gasteiger partial charge is 0.191 e. The molecular weight excluding hydrogens is 398 g/mol. The highest BCUT2D eigenvalue weighted by Gasteiger charge is 2.40. The van der Waals surface area contributed by atoms with Crippen molar-refractivity contribution in [2.75, 3.05) is 46.3 Å². The van der Waals surface area contributed by atoms with Crippen LogP contribution in [0.5, 0.6) is 5.75 Å². The average Bonchev–Trinajstić information content (AvgIpc) is 2.79. The van der Waals surface area contributed by atoms with Gasteiger partial charge in [0.25, 0.3) is 0 Å². The minimum atomic E-state index is -0.202. The summed E-state index contributed by atoms with van der Waals surface area (Å²) in [7, 11) is 2.25. The van der Waals surface area contributed by atoms with E-state index in [-0.39, 0.29) is 17.2 Å². The lowest BCUT2D eigenvalue weighted by atomic mass is 9.84. The Morgan fingerprint density at radius 3 is 2.53 bits per heavy atom. The number of ether oxygens (including phenoxy) is 1. The first-order chi connectivity index (χ1) is 15.4. The van der Waals surface area contributed by atoms with Gasteiger partial charge in [-0.2, -0.15) is 0 Å². The molecule has 1 atom stereocenters. The van der Waals surface area contributed by atoms with Crippen LogP contribution < -0.4 is 15.4 Å². The quantitative estimate of drug-likeness (QED) is 0.538. The van der Waals surface area contributed by atoms with Crippen molar-refractivity contribution in [3.8, 4) is 5.75 Å². The van der Waals surface area contributed by atoms with Gasteiger partial charge in [-0.15, -0.1) is 0 Å². The number of hydrogen-bond donors (Lipinski definition) is 2. The van der Waals surface area contributed by atoms with Crippen LogP contribution in [-0.4, -0.2) is 73.2 Å². The number of fused-ring (bicyclic) bond motifs is 1. The topological polar surface area (TPSA) is 52.1 Å². The third kappa shape index (κ3) is 5.40. The number of benzene rings is 1. The number of piperidine rings is 2. The Kier molecular flexibility index (Phi) is 7.30. The number of guanidine groups is 1. The van der Waals surface area contributed by atoms with Crippen LogP contribution in [0.25, 0.3) is 0 Å². The van der Waals surface area contributed by atoms with E-state index in [0.717, 1.165) is 44.3 Å². The highest BCUT2D eigenvalue weighted by atomic mass is 16.5. The summed E-state index contributed by atoms with van der Waals surface area (Å²) in [6.07, 6.45) is 7.36. The van der Waals surface area contributed by atoms with E-state index in [4.69, 9.17) is 9.73 Å². The molecule has 0 amide bonds. The number of nitrogens with one attached hydrogen (secondary N) is 2. The van der Waals surface area contributed by atoms with Crippen molar-refractivity contribution in [2.45, 2.75) is 76.5 Å². The van der Waals surface area contributed by atoms with Gasteiger partial charge in [0.1, 0.15) is 11.4 Å². The molecule has 2 fully saturated rings. The summed E-state index contributed by atoms with van der Waals surface area (Å²) in [5.74, 6) is 1.91. The maximum Gasteiger partial charge on any atom is 0.191 e. The maximum atomic E-state index is 6.24. The maximum absolute atomic E-state index is 6.24. The summed E-state index contributed by atoms with van der Waals surface area (Å²) in [5, 5.41) is 7.29. The summed E-state index contributed by atoms with van der Waals surface area (Å²) in [4.78, 5) is 10.5. The normalized spacial score (nSPS) is 26.1. The predicted octanol–water partition coefficient (Wildman–Crippen LogP) is 3.79. The van der Waals surface area contributed by atoms with Crippen molar-refractivity contribution >= 4 is 5.96 Å². The Hall–Kier alpha value is -1.79. The highest BCUT2D eigenvalue weighted by molar-refractivity contribution is 5.80. The van der Waals surface area contributed by atoms with Crippen LogP contribution in [-0.2, 0) is 0 Å². The second-order valence-corrected chi connectivity index (χ2v) is 10.6. The monoisotopic (exact) mass is 441 g/mol. The second kappa shape index (κ2) is 10.0. The lowest BCUT2D eigenvalue weighted by molar-refractivity contribution is 0.0207. The first kappa shape index (κ1) is 23.4. The largest absolute Gasteiger partial charge is 0.487 e. The first-order valence-electron chi connectivity index (χ1n) is 12.7. The summed E-state index contributed by atoms with van der Waals surface area (Å²) < 4.78 is 6.24. The lowest BCUT2D eigenvalue weighted by Gasteiger charge is -2.49. The van der Waals surface area contributed by atoms with Gasteiger partial charge in [-0.3, -0.25) is 9.89 Å². The summed E-state index contributed by atoms with van der Waals surface area (Å²) in [6.45, 7) is 13.0. The van der Waals surface area contributed by atoms with E-state index in [1.807, 2.05) is 0 Å². The van der Waals surface area contributed by atoms with Gasteiger partial charge in [-0.25, -0.2) is 0 Å². The molecule has 0 bridgehead atoms. The minimum Gasteiger partial charge on any atom is -0.487 e. The van der Waals surface area contributed by atoms with E-state index in [1.54, 1.807) is 0 Å². The number of aliphatic imine (C=N–C) groups is 1. The molecule has 2 N–H and O–H groups in total. The Balaban J connectivity index is 1.54. The van der Waals surface area contributed by atoms with Crippen LogP contribution in [0.3, 0.4) is 0 Å². The molecule has 3 heterocycles. The van der Waals surface area contributed by atoms with E-state index in [1.165, 1.54) is 50.8 Å². The van der Waals surface area contributed by atoms with Crippen LogP contribution in [0.1, 0.15) is 70.9 Å². The van der Waals surface area contributed by atoms with Gasteiger partial charge < -0.3 is 20.3 Å². The molecule has 3 aliphatic rings. The van der Waals surface area contributed by atoms with Gasteiger partial charge in [-0.05, 0) is 85.7 Å². The fourth-order valence-corrected chi connectivity index (χ4v) is 5.62. The van der Waals surface area contributed by atoms with E-state index in [0.29, 0.717) is 0 Å². The van der Waals surface area contributed by atoms with Crippen LogP contribution in [0.15, 0.2) is 29.3 Å². The zero-order valence-corrected chi connectivity index (χ0v) is 20.6. The molecule has 0 aromatic heterocycles. The zero-order chi connectivity index (χ0) is 22.6. The van der Waals surface area contributed by atoms with Gasteiger partial charge in [0.05, 0.1) is 12.6 Å². The molecule has 0 aliphatic carbocycles. The molecule has 178 valence electrons. The van der Waals surface area contributed by atoms with E-state index in [9.17, 15) is 0 Å². The standard InChI is InChI=1S/C26H43N5O/c1-5-27-24(29-22-19-25(2,3)32-23-12-8-7-11-21(22)23)28-20-26(13-17-30(4)18-14-26)31-15-9-6-10-16-31/h7-8,11-12,22H,5-6,9-10,13-20H2,1-4H3,(H2,27,28,29). The van der Waals surface area contributed by atoms with Crippen molar-refractivity contribution in [3.63, 3.8) is 0 Å². The number of nitrogens with zero attached hydrogens (tertiary/aromatic N) is 3. The van der Waals surface area contributed by atoms with Gasteiger partial charge in [-0.1, -0.05) is 24.6 Å². The fourth-order valence-electron chi connectivity index (χ4n) is 5.62. The Labute approximate surface area is 194 Å². The number of hydrogen-bond acceptors (Lipinski definition) is 4. The second-order valence-electron chi connectivity index (χ2n) is 10.6. The lowest BCUT2D eigenvalue weighted by Crippen LogP contribution is -2.58. The summed E-state index contributed by atoms with van der Waals surface area (Å²) in [5.41, 5.74) is 1.22. The molecule has 1 aromatic carbocycles. The third-order valence-electron chi connectivity index (χ3n) is 7.51. The molecule has 32 heavy (non-hydrogen) atoms. The van der Waals surface area contributed by atoms with Crippen molar-refractivity contribution in [1.29, 1.82) is 0 Å². The average molecular weight is 442 g/mol. The van der Waals surface area contributed by atoms with Crippen LogP contribution >= 0.6 is 0 Å². The van der Waals surface area contributed by atoms with Crippen molar-refractivity contribution in [1.82, 2.24) is 20.4 Å². The van der Waals surface area contributed by atoms with Gasteiger partial charge in [0.15, 0.2) is 5.96 Å². The van der Waals surface area contributed by atoms with E-state index >= 15 is 0 Å². The highest BCUT2D eigenvalue weighted by Crippen LogP contribution is 2.39. The van der Waals surface area contributed by atoms with Gasteiger partial charge in [0.2, 0.25) is 0 Å². The van der Waals surface area contributed by atoms with Crippen LogP contribution in [0.4, 0.5) is 0 Å². The first-order valence-corrected chi connectivity index (χ1v) is 12.7. The van der Waals surface area contributed by atoms with Gasteiger partial charge in [0, 0.05) is 24.1 Å². The number of para-hydroxylation sites is 1. The Morgan fingerprint density at radius 2 is 1.81 bits per heavy atom. The number of likely N-dealkylation sites (tertiary alicyclic amines) is 2. The molecule has 6 nitrogen and oxygen atoms in total. The summed E-state index contributed by atoms with van der Waals surface area (Å²) >= 11 is 0. The molecular formula is C26H43N5O. The molecule has 4 rings (SSSR count). The SMILES string of the molecule is CCNC(=NCC1(N2CCCCC2)CCN(C)CC1)NC1CC(C)(C)Oc2ccccc21.